The van der Waals surface area contributed by atoms with Gasteiger partial charge in [-0.2, -0.15) is 26.3 Å². The number of hydrogen-bond donors (Lipinski definition) is 5. The number of aromatic nitrogens is 3. The second-order valence-corrected chi connectivity index (χ2v) is 20.6. The summed E-state index contributed by atoms with van der Waals surface area (Å²) in [7, 11) is 1.66. The fourth-order valence-electron chi connectivity index (χ4n) is 9.51. The lowest BCUT2D eigenvalue weighted by Gasteiger charge is -2.47. The fourth-order valence-corrected chi connectivity index (χ4v) is 9.51. The second kappa shape index (κ2) is 24.4. The standard InChI is InChI=1S/C53H60F8N10O8/c1-50(2,52(56,57)58)43(66-48(75)77-5)46(73)65-40(20-31-11-8-30(9-12-31)10-13-32-14-17-42(64-23-32)69-24-34-15-16-35(25-69)71(34)36-28-79-29-36)41(72)27-70(68-47(74)44(67-49(76)78-6)51(3,4)53(59,60)61)26-37-38(54)21-33(22-39(37)55)45-62-18-7-19-63-45/h7-9,11-12,14,17-19,21-23,34-36,40-41,43-44,72H,15-16,20,24-29H2,1-6H3,(H,65,73)(H,66,75)(H,67,76)(H,68,74)/t34?,35?,40-,41-,43+,44+/m0/s1. The summed E-state index contributed by atoms with van der Waals surface area (Å²) in [5, 5.41) is 18.7. The number of nitrogens with zero attached hydrogens (tertiary/aromatic N) is 6. The highest BCUT2D eigenvalue weighted by atomic mass is 19.4. The number of amides is 4. The number of methoxy groups -OCH3 is 2. The Morgan fingerprint density at radius 3 is 1.78 bits per heavy atom. The van der Waals surface area contributed by atoms with E-state index in [1.54, 1.807) is 18.3 Å². The van der Waals surface area contributed by atoms with Gasteiger partial charge in [0.1, 0.15) is 29.5 Å². The van der Waals surface area contributed by atoms with E-state index < -0.39 is 108 Å². The summed E-state index contributed by atoms with van der Waals surface area (Å²) < 4.78 is 134. The van der Waals surface area contributed by atoms with Crippen LogP contribution in [0.2, 0.25) is 0 Å². The molecule has 18 nitrogen and oxygen atoms in total. The molecule has 2 bridgehead atoms. The maximum absolute atomic E-state index is 16.0. The van der Waals surface area contributed by atoms with E-state index in [1.165, 1.54) is 30.6 Å². The zero-order valence-electron chi connectivity index (χ0n) is 43.8. The highest BCUT2D eigenvalue weighted by Gasteiger charge is 2.57. The first kappa shape index (κ1) is 59.5. The monoisotopic (exact) mass is 1120 g/mol. The number of pyridine rings is 1. The van der Waals surface area contributed by atoms with Crippen LogP contribution in [0.4, 0.5) is 50.5 Å². The van der Waals surface area contributed by atoms with E-state index in [0.717, 1.165) is 71.3 Å². The summed E-state index contributed by atoms with van der Waals surface area (Å²) in [6.45, 7) is 3.52. The number of aliphatic hydroxyl groups is 1. The van der Waals surface area contributed by atoms with Gasteiger partial charge in [-0.3, -0.25) is 19.9 Å². The van der Waals surface area contributed by atoms with Crippen molar-refractivity contribution >= 4 is 29.8 Å². The van der Waals surface area contributed by atoms with E-state index in [1.807, 2.05) is 22.8 Å². The van der Waals surface area contributed by atoms with Crippen molar-refractivity contribution in [2.45, 2.75) is 108 Å². The Labute approximate surface area is 449 Å². The van der Waals surface area contributed by atoms with Crippen LogP contribution >= 0.6 is 0 Å². The lowest BCUT2D eigenvalue weighted by atomic mass is 9.82. The number of alkyl halides is 6. The van der Waals surface area contributed by atoms with Crippen LogP contribution in [0.3, 0.4) is 0 Å². The predicted octanol–water partition coefficient (Wildman–Crippen LogP) is 5.82. The molecule has 3 fully saturated rings. The Bertz CT molecular complexity index is 2830. The molecule has 5 N–H and O–H groups in total. The van der Waals surface area contributed by atoms with Gasteiger partial charge in [-0.05, 0) is 95.0 Å². The number of rotatable bonds is 18. The molecule has 2 aromatic heterocycles. The summed E-state index contributed by atoms with van der Waals surface area (Å²) in [5.41, 5.74) is -3.53. The third kappa shape index (κ3) is 14.0. The molecule has 0 radical (unpaired) electrons. The molecule has 2 aromatic carbocycles. The second-order valence-electron chi connectivity index (χ2n) is 20.6. The number of aliphatic hydroxyl groups excluding tert-OH is 1. The maximum atomic E-state index is 16.0. The number of benzene rings is 2. The number of nitrogens with one attached hydrogen (secondary N) is 4. The molecule has 5 heterocycles. The molecule has 0 spiro atoms. The van der Waals surface area contributed by atoms with Crippen molar-refractivity contribution in [1.82, 2.24) is 46.2 Å². The van der Waals surface area contributed by atoms with E-state index in [2.05, 4.69) is 56.8 Å². The number of piperazine rings is 1. The van der Waals surface area contributed by atoms with Crippen LogP contribution in [0.1, 0.15) is 62.8 Å². The number of anilines is 1. The highest BCUT2D eigenvalue weighted by Crippen LogP contribution is 2.42. The summed E-state index contributed by atoms with van der Waals surface area (Å²) in [6.07, 6.45) is -9.26. The topological polar surface area (TPSA) is 213 Å². The summed E-state index contributed by atoms with van der Waals surface area (Å²) in [5.74, 6) is 1.14. The molecule has 79 heavy (non-hydrogen) atoms. The molecular weight excluding hydrogens is 1060 g/mol. The third-order valence-corrected chi connectivity index (χ3v) is 14.5. The summed E-state index contributed by atoms with van der Waals surface area (Å²) >= 11 is 0. The molecule has 3 saturated heterocycles. The van der Waals surface area contributed by atoms with E-state index in [0.29, 0.717) is 67.5 Å². The van der Waals surface area contributed by atoms with Gasteiger partial charge in [0, 0.05) is 79.1 Å². The Morgan fingerprint density at radius 2 is 1.29 bits per heavy atom. The Balaban J connectivity index is 1.17. The molecule has 0 saturated carbocycles. The van der Waals surface area contributed by atoms with E-state index in [9.17, 15) is 50.6 Å². The van der Waals surface area contributed by atoms with Crippen LogP contribution in [-0.4, -0.2) is 156 Å². The minimum absolute atomic E-state index is 0.0973. The van der Waals surface area contributed by atoms with Crippen molar-refractivity contribution in [2.75, 3.05) is 52.0 Å². The van der Waals surface area contributed by atoms with Gasteiger partial charge in [0.15, 0.2) is 5.82 Å². The highest BCUT2D eigenvalue weighted by molar-refractivity contribution is 5.87. The zero-order chi connectivity index (χ0) is 57.6. The SMILES string of the molecule is COC(=O)N[C@H](C(=O)N[C@@H](Cc1ccc(C#Cc2ccc(N3CC4CCC(C3)N4C3COC3)nc2)cc1)[C@@H](O)CN(Cc1c(F)cc(-c2ncccn2)cc1F)NC(=O)[C@@H](NC(=O)OC)C(C)(C)C(F)(F)F)C(C)(C)C(F)(F)F. The van der Waals surface area contributed by atoms with Crippen LogP contribution < -0.4 is 26.3 Å². The lowest BCUT2D eigenvalue weighted by molar-refractivity contribution is -0.221. The first-order valence-corrected chi connectivity index (χ1v) is 25.0. The molecule has 3 aliphatic rings. The lowest BCUT2D eigenvalue weighted by Crippen LogP contribution is -2.63. The summed E-state index contributed by atoms with van der Waals surface area (Å²) in [4.78, 5) is 70.4. The van der Waals surface area contributed by atoms with E-state index >= 15 is 8.78 Å². The maximum Gasteiger partial charge on any atom is 0.407 e. The van der Waals surface area contributed by atoms with Gasteiger partial charge in [0.2, 0.25) is 5.91 Å². The minimum Gasteiger partial charge on any atom is -0.453 e. The molecule has 0 aliphatic carbocycles. The third-order valence-electron chi connectivity index (χ3n) is 14.5. The van der Waals surface area contributed by atoms with Gasteiger partial charge in [-0.25, -0.2) is 38.3 Å². The number of alkyl carbamates (subject to hydrolysis) is 2. The first-order chi connectivity index (χ1) is 37.2. The molecular formula is C53H60F8N10O8. The average Bonchev–Trinajstić information content (AvgIpc) is 3.78. The number of hydrogen-bond acceptors (Lipinski definition) is 14. The molecule has 3 aliphatic heterocycles. The van der Waals surface area contributed by atoms with E-state index in [4.69, 9.17) is 4.74 Å². The van der Waals surface area contributed by atoms with Gasteiger partial charge in [-0.1, -0.05) is 24.0 Å². The van der Waals surface area contributed by atoms with Crippen LogP contribution in [0.25, 0.3) is 11.4 Å². The quantitative estimate of drug-likeness (QED) is 0.0452. The van der Waals surface area contributed by atoms with Crippen LogP contribution in [0.15, 0.2) is 73.2 Å². The largest absolute Gasteiger partial charge is 0.453 e. The van der Waals surface area contributed by atoms with Crippen molar-refractivity contribution in [3.05, 3.63) is 107 Å². The van der Waals surface area contributed by atoms with Gasteiger partial charge < -0.3 is 40.2 Å². The number of halogens is 8. The van der Waals surface area contributed by atoms with Gasteiger partial charge >= 0.3 is 24.5 Å². The smallest absolute Gasteiger partial charge is 0.407 e. The fraction of sp³-hybridized carbons (Fsp3) is 0.491. The molecule has 7 rings (SSSR count). The Hall–Kier alpha value is -7.21. The molecule has 2 unspecified atom stereocenters. The van der Waals surface area contributed by atoms with Gasteiger partial charge in [-0.15, -0.1) is 0 Å². The Kier molecular flexibility index (Phi) is 18.4. The number of carbonyl (C=O) groups excluding carboxylic acids is 4. The minimum atomic E-state index is -5.19. The van der Waals surface area contributed by atoms with E-state index in [-0.39, 0.29) is 11.4 Å². The molecule has 6 atom stereocenters. The molecule has 4 amide bonds. The van der Waals surface area contributed by atoms with Gasteiger partial charge in [0.25, 0.3) is 5.91 Å². The van der Waals surface area contributed by atoms with Gasteiger partial charge in [0.05, 0.1) is 56.5 Å². The number of ether oxygens (including phenoxy) is 3. The normalized spacial score (nSPS) is 18.5. The number of fused-ring (bicyclic) bond motifs is 2. The van der Waals surface area contributed by atoms with Crippen LogP contribution in [0.5, 0.6) is 0 Å². The predicted molar refractivity (Wildman–Crippen MR) is 268 cm³/mol. The number of carbonyl (C=O) groups is 4. The van der Waals surface area contributed by atoms with Crippen LogP contribution in [-0.2, 0) is 36.8 Å². The van der Waals surface area contributed by atoms with Crippen molar-refractivity contribution in [3.63, 3.8) is 0 Å². The number of hydrazine groups is 1. The van der Waals surface area contributed by atoms with Crippen molar-refractivity contribution in [1.29, 1.82) is 0 Å². The zero-order valence-corrected chi connectivity index (χ0v) is 43.8. The molecule has 4 aromatic rings. The van der Waals surface area contributed by atoms with Crippen LogP contribution in [0, 0.1) is 34.3 Å². The van der Waals surface area contributed by atoms with Crippen molar-refractivity contribution in [2.24, 2.45) is 10.8 Å². The summed E-state index contributed by atoms with van der Waals surface area (Å²) in [6, 6.07) is 7.73. The molecule has 426 valence electrons. The average molecular weight is 1120 g/mol. The van der Waals surface area contributed by atoms with Crippen molar-refractivity contribution < 1.29 is 73.6 Å². The molecule has 26 heteroatoms. The first-order valence-electron chi connectivity index (χ1n) is 25.0. The van der Waals surface area contributed by atoms with Crippen molar-refractivity contribution in [3.8, 4) is 23.2 Å². The Morgan fingerprint density at radius 1 is 0.759 bits per heavy atom.